The van der Waals surface area contributed by atoms with Crippen molar-refractivity contribution in [3.8, 4) is 0 Å². The molecule has 4 heteroatoms. The standard InChI is InChI=1S/C14H29N3O/c1-6-14(7-8-15-10-14)13(18)16-12(11(2)3)9-17(4)5/h11-12,15H,6-10H2,1-5H3,(H,16,18). The van der Waals surface area contributed by atoms with Crippen molar-refractivity contribution in [1.29, 1.82) is 0 Å². The fourth-order valence-corrected chi connectivity index (χ4v) is 2.54. The number of nitrogens with zero attached hydrogens (tertiary/aromatic N) is 1. The second kappa shape index (κ2) is 6.53. The number of amides is 1. The minimum atomic E-state index is -0.181. The van der Waals surface area contributed by atoms with Gasteiger partial charge < -0.3 is 15.5 Å². The third-order valence-corrected chi connectivity index (χ3v) is 4.09. The predicted octanol–water partition coefficient (Wildman–Crippen LogP) is 1.08. The molecule has 0 aromatic rings. The molecule has 1 fully saturated rings. The maximum absolute atomic E-state index is 12.5. The zero-order valence-corrected chi connectivity index (χ0v) is 12.5. The first-order valence-electron chi connectivity index (χ1n) is 7.07. The number of carbonyl (C=O) groups is 1. The molecule has 2 N–H and O–H groups in total. The van der Waals surface area contributed by atoms with Gasteiger partial charge in [-0.3, -0.25) is 4.79 Å². The number of nitrogens with one attached hydrogen (secondary N) is 2. The van der Waals surface area contributed by atoms with E-state index in [0.717, 1.165) is 32.5 Å². The van der Waals surface area contributed by atoms with Crippen LogP contribution in [0.15, 0.2) is 0 Å². The van der Waals surface area contributed by atoms with Crippen molar-refractivity contribution < 1.29 is 4.79 Å². The zero-order chi connectivity index (χ0) is 13.8. The van der Waals surface area contributed by atoms with Crippen molar-refractivity contribution in [1.82, 2.24) is 15.5 Å². The lowest BCUT2D eigenvalue weighted by Crippen LogP contribution is -2.51. The summed E-state index contributed by atoms with van der Waals surface area (Å²) in [7, 11) is 4.10. The molecule has 0 aliphatic carbocycles. The Hall–Kier alpha value is -0.610. The molecule has 18 heavy (non-hydrogen) atoms. The third kappa shape index (κ3) is 3.69. The van der Waals surface area contributed by atoms with Crippen LogP contribution in [-0.4, -0.2) is 50.6 Å². The molecule has 0 aromatic carbocycles. The van der Waals surface area contributed by atoms with E-state index in [-0.39, 0.29) is 17.4 Å². The molecule has 1 rings (SSSR count). The van der Waals surface area contributed by atoms with Crippen molar-refractivity contribution in [3.05, 3.63) is 0 Å². The lowest BCUT2D eigenvalue weighted by atomic mass is 9.82. The summed E-state index contributed by atoms with van der Waals surface area (Å²) in [5.74, 6) is 0.690. The Balaban J connectivity index is 2.65. The molecule has 2 atom stereocenters. The van der Waals surface area contributed by atoms with Crippen LogP contribution in [0, 0.1) is 11.3 Å². The molecule has 0 saturated carbocycles. The maximum Gasteiger partial charge on any atom is 0.227 e. The van der Waals surface area contributed by atoms with E-state index in [9.17, 15) is 4.79 Å². The highest BCUT2D eigenvalue weighted by Gasteiger charge is 2.40. The second-order valence-corrected chi connectivity index (χ2v) is 6.15. The average molecular weight is 255 g/mol. The predicted molar refractivity (Wildman–Crippen MR) is 75.5 cm³/mol. The van der Waals surface area contributed by atoms with Crippen LogP contribution in [0.1, 0.15) is 33.6 Å². The number of rotatable bonds is 6. The number of likely N-dealkylation sites (N-methyl/N-ethyl adjacent to an activating group) is 1. The van der Waals surface area contributed by atoms with E-state index < -0.39 is 0 Å². The average Bonchev–Trinajstić information content (AvgIpc) is 2.77. The van der Waals surface area contributed by atoms with Crippen LogP contribution in [0.5, 0.6) is 0 Å². The van der Waals surface area contributed by atoms with Crippen LogP contribution < -0.4 is 10.6 Å². The van der Waals surface area contributed by atoms with E-state index in [1.54, 1.807) is 0 Å². The summed E-state index contributed by atoms with van der Waals surface area (Å²) in [6, 6.07) is 0.233. The molecule has 0 radical (unpaired) electrons. The van der Waals surface area contributed by atoms with Gasteiger partial charge in [-0.25, -0.2) is 0 Å². The molecule has 1 amide bonds. The van der Waals surface area contributed by atoms with Crippen LogP contribution in [0.4, 0.5) is 0 Å². The van der Waals surface area contributed by atoms with Gasteiger partial charge in [-0.05, 0) is 39.4 Å². The van der Waals surface area contributed by atoms with Gasteiger partial charge in [0.05, 0.1) is 5.41 Å². The quantitative estimate of drug-likeness (QED) is 0.746. The Bertz CT molecular complexity index is 270. The molecule has 4 nitrogen and oxygen atoms in total. The first kappa shape index (κ1) is 15.4. The Labute approximate surface area is 111 Å². The van der Waals surface area contributed by atoms with Crippen LogP contribution in [0.3, 0.4) is 0 Å². The van der Waals surface area contributed by atoms with Gasteiger partial charge in [-0.15, -0.1) is 0 Å². The highest BCUT2D eigenvalue weighted by atomic mass is 16.2. The molecule has 106 valence electrons. The summed E-state index contributed by atoms with van der Waals surface area (Å²) in [5, 5.41) is 6.58. The fraction of sp³-hybridized carbons (Fsp3) is 0.929. The van der Waals surface area contributed by atoms with Crippen LogP contribution in [-0.2, 0) is 4.79 Å². The Morgan fingerprint density at radius 1 is 1.44 bits per heavy atom. The zero-order valence-electron chi connectivity index (χ0n) is 12.5. The van der Waals surface area contributed by atoms with Crippen molar-refractivity contribution in [3.63, 3.8) is 0 Å². The molecular weight excluding hydrogens is 226 g/mol. The van der Waals surface area contributed by atoms with E-state index in [4.69, 9.17) is 0 Å². The van der Waals surface area contributed by atoms with Crippen molar-refractivity contribution in [2.24, 2.45) is 11.3 Å². The van der Waals surface area contributed by atoms with E-state index in [0.29, 0.717) is 5.92 Å². The minimum absolute atomic E-state index is 0.181. The van der Waals surface area contributed by atoms with Crippen molar-refractivity contribution in [2.45, 2.75) is 39.7 Å². The van der Waals surface area contributed by atoms with Crippen LogP contribution in [0.2, 0.25) is 0 Å². The molecular formula is C14H29N3O. The van der Waals surface area contributed by atoms with Gasteiger partial charge in [0, 0.05) is 19.1 Å². The molecule has 0 bridgehead atoms. The summed E-state index contributed by atoms with van der Waals surface area (Å²) in [5.41, 5.74) is -0.181. The topological polar surface area (TPSA) is 44.4 Å². The summed E-state index contributed by atoms with van der Waals surface area (Å²) < 4.78 is 0. The molecule has 1 saturated heterocycles. The van der Waals surface area contributed by atoms with Gasteiger partial charge in [-0.2, -0.15) is 0 Å². The maximum atomic E-state index is 12.5. The number of hydrogen-bond donors (Lipinski definition) is 2. The summed E-state index contributed by atoms with van der Waals surface area (Å²) in [6.45, 7) is 9.13. The van der Waals surface area contributed by atoms with Gasteiger partial charge in [0.25, 0.3) is 0 Å². The Kier molecular flexibility index (Phi) is 5.60. The lowest BCUT2D eigenvalue weighted by Gasteiger charge is -2.31. The van der Waals surface area contributed by atoms with Gasteiger partial charge in [0.1, 0.15) is 0 Å². The highest BCUT2D eigenvalue weighted by Crippen LogP contribution is 2.29. The van der Waals surface area contributed by atoms with Gasteiger partial charge in [-0.1, -0.05) is 20.8 Å². The molecule has 2 unspecified atom stereocenters. The largest absolute Gasteiger partial charge is 0.351 e. The Morgan fingerprint density at radius 2 is 2.11 bits per heavy atom. The third-order valence-electron chi connectivity index (χ3n) is 4.09. The summed E-state index contributed by atoms with van der Waals surface area (Å²) >= 11 is 0. The van der Waals surface area contributed by atoms with E-state index in [1.165, 1.54) is 0 Å². The van der Waals surface area contributed by atoms with Gasteiger partial charge in [0.15, 0.2) is 0 Å². The molecule has 1 aliphatic rings. The van der Waals surface area contributed by atoms with Crippen molar-refractivity contribution in [2.75, 3.05) is 33.7 Å². The second-order valence-electron chi connectivity index (χ2n) is 6.15. The van der Waals surface area contributed by atoms with Crippen molar-refractivity contribution >= 4 is 5.91 Å². The highest BCUT2D eigenvalue weighted by molar-refractivity contribution is 5.83. The van der Waals surface area contributed by atoms with E-state index in [1.807, 2.05) is 14.1 Å². The van der Waals surface area contributed by atoms with Gasteiger partial charge in [0.2, 0.25) is 5.91 Å². The Morgan fingerprint density at radius 3 is 2.50 bits per heavy atom. The first-order chi connectivity index (χ1) is 8.41. The van der Waals surface area contributed by atoms with E-state index in [2.05, 4.69) is 36.3 Å². The fourth-order valence-electron chi connectivity index (χ4n) is 2.54. The molecule has 0 aromatic heterocycles. The lowest BCUT2D eigenvalue weighted by molar-refractivity contribution is -0.131. The number of hydrogen-bond acceptors (Lipinski definition) is 3. The molecule has 1 heterocycles. The monoisotopic (exact) mass is 255 g/mol. The SMILES string of the molecule is CCC1(C(=O)NC(CN(C)C)C(C)C)CCNC1. The van der Waals surface area contributed by atoms with Gasteiger partial charge >= 0.3 is 0 Å². The first-order valence-corrected chi connectivity index (χ1v) is 7.07. The van der Waals surface area contributed by atoms with Crippen LogP contribution in [0.25, 0.3) is 0 Å². The number of carbonyl (C=O) groups excluding carboxylic acids is 1. The van der Waals surface area contributed by atoms with E-state index >= 15 is 0 Å². The molecule has 0 spiro atoms. The summed E-state index contributed by atoms with van der Waals surface area (Å²) in [6.07, 6.45) is 1.88. The smallest absolute Gasteiger partial charge is 0.227 e. The minimum Gasteiger partial charge on any atom is -0.351 e. The normalized spacial score (nSPS) is 25.7. The summed E-state index contributed by atoms with van der Waals surface area (Å²) in [4.78, 5) is 14.7. The molecule has 1 aliphatic heterocycles. The van der Waals surface area contributed by atoms with Crippen LogP contribution >= 0.6 is 0 Å².